The summed E-state index contributed by atoms with van der Waals surface area (Å²) in [5, 5.41) is 5.25. The van der Waals surface area contributed by atoms with Crippen molar-refractivity contribution in [1.82, 2.24) is 8.87 Å². The van der Waals surface area contributed by atoms with Gasteiger partial charge in [0, 0.05) is 25.7 Å². The molecule has 37 heavy (non-hydrogen) atoms. The Balaban J connectivity index is 1.63. The van der Waals surface area contributed by atoms with Crippen LogP contribution in [0.4, 0.5) is 0 Å². The fourth-order valence-electron chi connectivity index (χ4n) is 3.78. The number of fused-ring (bicyclic) bond motifs is 1. The van der Waals surface area contributed by atoms with Crippen molar-refractivity contribution in [3.63, 3.8) is 0 Å². The van der Waals surface area contributed by atoms with Gasteiger partial charge in [-0.05, 0) is 54.4 Å². The SMILES string of the molecule is CCCn1c(=NC(=O)c2ccc(S(=O)(=O)N(C)Cc3ccccc3)cc2)sc2cc(S(N)(=O)=O)ccc21. The number of amides is 1. The van der Waals surface area contributed by atoms with Gasteiger partial charge in [-0.2, -0.15) is 9.30 Å². The van der Waals surface area contributed by atoms with E-state index in [1.54, 1.807) is 6.07 Å². The summed E-state index contributed by atoms with van der Waals surface area (Å²) in [4.78, 5) is 17.7. The first-order chi connectivity index (χ1) is 17.5. The van der Waals surface area contributed by atoms with Gasteiger partial charge >= 0.3 is 0 Å². The Hall–Kier alpha value is -3.16. The van der Waals surface area contributed by atoms with E-state index in [1.807, 2.05) is 41.8 Å². The van der Waals surface area contributed by atoms with Crippen LogP contribution in [0.5, 0.6) is 0 Å². The maximum absolute atomic E-state index is 13.0. The van der Waals surface area contributed by atoms with Gasteiger partial charge in [0.25, 0.3) is 5.91 Å². The lowest BCUT2D eigenvalue weighted by Gasteiger charge is -2.17. The molecule has 0 unspecified atom stereocenters. The van der Waals surface area contributed by atoms with Crippen LogP contribution in [0.3, 0.4) is 0 Å². The van der Waals surface area contributed by atoms with E-state index in [0.29, 0.717) is 16.0 Å². The van der Waals surface area contributed by atoms with E-state index in [4.69, 9.17) is 5.14 Å². The topological polar surface area (TPSA) is 132 Å². The molecule has 3 aromatic carbocycles. The molecule has 0 bridgehead atoms. The van der Waals surface area contributed by atoms with Crippen molar-refractivity contribution in [2.24, 2.45) is 10.1 Å². The summed E-state index contributed by atoms with van der Waals surface area (Å²) in [6.07, 6.45) is 0.771. The summed E-state index contributed by atoms with van der Waals surface area (Å²) >= 11 is 1.18. The van der Waals surface area contributed by atoms with Gasteiger partial charge < -0.3 is 4.57 Å². The highest BCUT2D eigenvalue weighted by molar-refractivity contribution is 7.89. The number of thiazole rings is 1. The smallest absolute Gasteiger partial charge is 0.279 e. The van der Waals surface area contributed by atoms with Crippen molar-refractivity contribution in [3.05, 3.63) is 88.7 Å². The molecule has 0 aliphatic carbocycles. The zero-order valence-electron chi connectivity index (χ0n) is 20.2. The molecule has 0 aliphatic heterocycles. The Kier molecular flexibility index (Phi) is 7.76. The quantitative estimate of drug-likeness (QED) is 0.354. The number of hydrogen-bond donors (Lipinski definition) is 1. The van der Waals surface area contributed by atoms with Gasteiger partial charge in [0.05, 0.1) is 20.0 Å². The largest absolute Gasteiger partial charge is 0.316 e. The van der Waals surface area contributed by atoms with Crippen LogP contribution in [-0.2, 0) is 33.1 Å². The number of carbonyl (C=O) groups excluding carboxylic acids is 1. The number of sulfonamides is 2. The van der Waals surface area contributed by atoms with Crippen molar-refractivity contribution < 1.29 is 21.6 Å². The van der Waals surface area contributed by atoms with Crippen molar-refractivity contribution in [2.75, 3.05) is 7.05 Å². The fourth-order valence-corrected chi connectivity index (χ4v) is 6.65. The van der Waals surface area contributed by atoms with E-state index in [1.165, 1.54) is 59.1 Å². The van der Waals surface area contributed by atoms with Crippen LogP contribution in [0.1, 0.15) is 29.3 Å². The van der Waals surface area contributed by atoms with Crippen LogP contribution in [0, 0.1) is 0 Å². The van der Waals surface area contributed by atoms with E-state index >= 15 is 0 Å². The molecule has 12 heteroatoms. The van der Waals surface area contributed by atoms with Crippen LogP contribution in [0.15, 0.2) is 87.6 Å². The number of nitrogens with two attached hydrogens (primary N) is 1. The summed E-state index contributed by atoms with van der Waals surface area (Å²) in [5.74, 6) is -0.537. The second kappa shape index (κ2) is 10.7. The zero-order valence-corrected chi connectivity index (χ0v) is 22.7. The van der Waals surface area contributed by atoms with Gasteiger partial charge in [0.2, 0.25) is 20.0 Å². The minimum Gasteiger partial charge on any atom is -0.316 e. The third-order valence-electron chi connectivity index (χ3n) is 5.68. The van der Waals surface area contributed by atoms with E-state index in [2.05, 4.69) is 4.99 Å². The first kappa shape index (κ1) is 26.9. The van der Waals surface area contributed by atoms with Crippen molar-refractivity contribution in [2.45, 2.75) is 36.2 Å². The molecule has 0 saturated carbocycles. The highest BCUT2D eigenvalue weighted by Gasteiger charge is 2.21. The number of benzene rings is 3. The molecule has 1 heterocycles. The average molecular weight is 559 g/mol. The monoisotopic (exact) mass is 558 g/mol. The van der Waals surface area contributed by atoms with E-state index in [0.717, 1.165) is 17.5 Å². The summed E-state index contributed by atoms with van der Waals surface area (Å²) in [7, 11) is -6.12. The molecular formula is C25H26N4O5S3. The average Bonchev–Trinajstić information content (AvgIpc) is 3.20. The fraction of sp³-hybridized carbons (Fsp3) is 0.200. The predicted molar refractivity (Wildman–Crippen MR) is 143 cm³/mol. The maximum atomic E-state index is 13.0. The molecule has 1 aromatic heterocycles. The molecule has 4 aromatic rings. The molecule has 1 amide bonds. The lowest BCUT2D eigenvalue weighted by atomic mass is 10.2. The Morgan fingerprint density at radius 1 is 0.973 bits per heavy atom. The zero-order chi connectivity index (χ0) is 26.8. The summed E-state index contributed by atoms with van der Waals surface area (Å²) in [6, 6.07) is 19.5. The molecule has 0 aliphatic rings. The standard InChI is InChI=1S/C25H26N4O5S3/c1-3-15-29-22-14-13-21(36(26,31)32)16-23(22)35-25(29)27-24(30)19-9-11-20(12-10-19)37(33,34)28(2)17-18-7-5-4-6-8-18/h4-14,16H,3,15,17H2,1-2H3,(H2,26,31,32). The number of hydrogen-bond acceptors (Lipinski definition) is 6. The first-order valence-corrected chi connectivity index (χ1v) is 15.2. The Morgan fingerprint density at radius 3 is 2.24 bits per heavy atom. The molecule has 194 valence electrons. The predicted octanol–water partition coefficient (Wildman–Crippen LogP) is 3.32. The third-order valence-corrected chi connectivity index (χ3v) is 9.45. The van der Waals surface area contributed by atoms with Crippen molar-refractivity contribution >= 4 is 47.5 Å². The molecule has 2 N–H and O–H groups in total. The summed E-state index contributed by atoms with van der Waals surface area (Å²) in [6.45, 7) is 2.77. The Labute approximate surface area is 219 Å². The Morgan fingerprint density at radius 2 is 1.62 bits per heavy atom. The second-order valence-electron chi connectivity index (χ2n) is 8.40. The van der Waals surface area contributed by atoms with E-state index in [-0.39, 0.29) is 21.9 Å². The van der Waals surface area contributed by atoms with E-state index < -0.39 is 26.0 Å². The van der Waals surface area contributed by atoms with Crippen molar-refractivity contribution in [3.8, 4) is 0 Å². The highest BCUT2D eigenvalue weighted by atomic mass is 32.2. The van der Waals surface area contributed by atoms with Crippen LogP contribution in [0.2, 0.25) is 0 Å². The molecule has 9 nitrogen and oxygen atoms in total. The maximum Gasteiger partial charge on any atom is 0.279 e. The van der Waals surface area contributed by atoms with Gasteiger partial charge in [-0.3, -0.25) is 4.79 Å². The minimum absolute atomic E-state index is 0.0168. The molecule has 4 rings (SSSR count). The Bertz CT molecular complexity index is 1720. The van der Waals surface area contributed by atoms with Crippen molar-refractivity contribution in [1.29, 1.82) is 0 Å². The second-order valence-corrected chi connectivity index (χ2v) is 13.0. The van der Waals surface area contributed by atoms with Gasteiger partial charge in [0.1, 0.15) is 0 Å². The number of nitrogens with zero attached hydrogens (tertiary/aromatic N) is 3. The molecule has 0 fully saturated rings. The van der Waals surface area contributed by atoms with Crippen LogP contribution < -0.4 is 9.94 Å². The van der Waals surface area contributed by atoms with Crippen LogP contribution in [0.25, 0.3) is 10.2 Å². The molecule has 0 atom stereocenters. The normalized spacial score (nSPS) is 12.9. The molecule has 0 radical (unpaired) electrons. The van der Waals surface area contributed by atoms with Crippen LogP contribution in [-0.4, -0.2) is 38.7 Å². The van der Waals surface area contributed by atoms with Gasteiger partial charge in [0.15, 0.2) is 4.80 Å². The number of aromatic nitrogens is 1. The number of aryl methyl sites for hydroxylation is 1. The van der Waals surface area contributed by atoms with Gasteiger partial charge in [-0.15, -0.1) is 0 Å². The first-order valence-electron chi connectivity index (χ1n) is 11.4. The minimum atomic E-state index is -3.87. The molecule has 0 spiro atoms. The number of rotatable bonds is 8. The number of primary sulfonamides is 1. The number of carbonyl (C=O) groups is 1. The van der Waals surface area contributed by atoms with Crippen LogP contribution >= 0.6 is 11.3 Å². The third kappa shape index (κ3) is 5.89. The highest BCUT2D eigenvalue weighted by Crippen LogP contribution is 2.22. The molecular weight excluding hydrogens is 532 g/mol. The lowest BCUT2D eigenvalue weighted by molar-refractivity contribution is 0.0997. The molecule has 0 saturated heterocycles. The lowest BCUT2D eigenvalue weighted by Crippen LogP contribution is -2.26. The summed E-state index contributed by atoms with van der Waals surface area (Å²) < 4.78 is 53.2. The van der Waals surface area contributed by atoms with E-state index in [9.17, 15) is 21.6 Å². The summed E-state index contributed by atoms with van der Waals surface area (Å²) in [5.41, 5.74) is 1.84. The van der Waals surface area contributed by atoms with Gasteiger partial charge in [-0.25, -0.2) is 22.0 Å². The van der Waals surface area contributed by atoms with Gasteiger partial charge in [-0.1, -0.05) is 48.6 Å².